The number of ether oxygens (including phenoxy) is 2. The molecule has 0 atom stereocenters. The average molecular weight is 515 g/mol. The van der Waals surface area contributed by atoms with E-state index < -0.39 is 0 Å². The molecule has 3 aromatic carbocycles. The number of methoxy groups -OCH3 is 1. The Morgan fingerprint density at radius 3 is 2.51 bits per heavy atom. The van der Waals surface area contributed by atoms with Crippen molar-refractivity contribution < 1.29 is 14.3 Å². The second kappa shape index (κ2) is 12.9. The molecule has 0 aliphatic rings. The Morgan fingerprint density at radius 1 is 1.00 bits per heavy atom. The Morgan fingerprint density at radius 2 is 1.76 bits per heavy atom. The predicted molar refractivity (Wildman–Crippen MR) is 148 cm³/mol. The monoisotopic (exact) mass is 514 g/mol. The van der Waals surface area contributed by atoms with Crippen molar-refractivity contribution in [2.45, 2.75) is 39.2 Å². The maximum atomic E-state index is 12.8. The molecule has 0 spiro atoms. The van der Waals surface area contributed by atoms with Gasteiger partial charge in [0.05, 0.1) is 25.5 Å². The van der Waals surface area contributed by atoms with E-state index in [1.54, 1.807) is 0 Å². The molecule has 0 saturated heterocycles. The number of aryl methyl sites for hydroxylation is 1. The fraction of sp³-hybridized carbons (Fsp3) is 0.226. The van der Waals surface area contributed by atoms with Gasteiger partial charge in [0.1, 0.15) is 17.3 Å². The Hall–Kier alpha value is -3.83. The fourth-order valence-electron chi connectivity index (χ4n) is 4.11. The van der Waals surface area contributed by atoms with Crippen LogP contribution in [0.3, 0.4) is 0 Å². The third kappa shape index (κ3) is 7.11. The number of imidazole rings is 1. The van der Waals surface area contributed by atoms with Crippen LogP contribution in [0.2, 0.25) is 5.02 Å². The van der Waals surface area contributed by atoms with E-state index in [4.69, 9.17) is 21.1 Å². The molecular formula is C31H31ClN2O3. The van der Waals surface area contributed by atoms with Gasteiger partial charge in [-0.05, 0) is 54.0 Å². The number of unbranched alkanes of at least 4 members (excludes halogenated alkanes) is 1. The molecule has 1 aromatic heterocycles. The highest BCUT2D eigenvalue weighted by Crippen LogP contribution is 2.25. The Kier molecular flexibility index (Phi) is 9.17. The first-order valence-corrected chi connectivity index (χ1v) is 12.8. The molecule has 0 saturated carbocycles. The number of carbonyl (C=O) groups excluding carboxylic acids is 1. The Balaban J connectivity index is 1.65. The molecule has 0 N–H and O–H groups in total. The van der Waals surface area contributed by atoms with Gasteiger partial charge in [-0.2, -0.15) is 0 Å². The highest BCUT2D eigenvalue weighted by Gasteiger charge is 2.16. The summed E-state index contributed by atoms with van der Waals surface area (Å²) in [5.74, 6) is 2.05. The van der Waals surface area contributed by atoms with Crippen LogP contribution in [0.4, 0.5) is 0 Å². The summed E-state index contributed by atoms with van der Waals surface area (Å²) in [4.78, 5) is 17.5. The molecule has 0 aliphatic heterocycles. The number of hydrogen-bond donors (Lipinski definition) is 0. The van der Waals surface area contributed by atoms with E-state index in [1.807, 2.05) is 91.1 Å². The van der Waals surface area contributed by atoms with E-state index in [2.05, 4.69) is 16.5 Å². The molecule has 0 radical (unpaired) electrons. The summed E-state index contributed by atoms with van der Waals surface area (Å²) in [6.07, 6.45) is 7.02. The summed E-state index contributed by atoms with van der Waals surface area (Å²) in [5, 5.41) is 0.705. The quantitative estimate of drug-likeness (QED) is 0.153. The molecule has 0 amide bonds. The van der Waals surface area contributed by atoms with Crippen LogP contribution in [0.15, 0.2) is 90.6 Å². The molecular weight excluding hydrogens is 484 g/mol. The summed E-state index contributed by atoms with van der Waals surface area (Å²) >= 11 is 6.47. The Bertz CT molecular complexity index is 1360. The molecule has 6 heteroatoms. The number of halogens is 1. The minimum absolute atomic E-state index is 0.380. The molecule has 5 nitrogen and oxygen atoms in total. The van der Waals surface area contributed by atoms with Crippen LogP contribution in [0.1, 0.15) is 42.4 Å². The van der Waals surface area contributed by atoms with Gasteiger partial charge < -0.3 is 14.0 Å². The lowest BCUT2D eigenvalue weighted by atomic mass is 10.0. The van der Waals surface area contributed by atoms with Gasteiger partial charge in [0.15, 0.2) is 0 Å². The SMILES string of the molecule is CCCCc1ncc(/C=C(\Cc2cccc(Oc3ccccc3)c2)C(=O)OC)n1Cc1ccccc1Cl. The highest BCUT2D eigenvalue weighted by atomic mass is 35.5. The molecule has 1 heterocycles. The smallest absolute Gasteiger partial charge is 0.334 e. The number of rotatable bonds is 11. The fourth-order valence-corrected chi connectivity index (χ4v) is 4.31. The van der Waals surface area contributed by atoms with Crippen molar-refractivity contribution in [1.82, 2.24) is 9.55 Å². The first-order valence-electron chi connectivity index (χ1n) is 12.5. The predicted octanol–water partition coefficient (Wildman–Crippen LogP) is 7.52. The molecule has 190 valence electrons. The number of aromatic nitrogens is 2. The Labute approximate surface area is 223 Å². The molecule has 4 aromatic rings. The van der Waals surface area contributed by atoms with Crippen LogP contribution in [0, 0.1) is 0 Å². The van der Waals surface area contributed by atoms with E-state index in [9.17, 15) is 4.79 Å². The second-order valence-corrected chi connectivity index (χ2v) is 9.19. The van der Waals surface area contributed by atoms with Crippen molar-refractivity contribution in [3.8, 4) is 11.5 Å². The summed E-state index contributed by atoms with van der Waals surface area (Å²) in [7, 11) is 1.40. The van der Waals surface area contributed by atoms with Gasteiger partial charge in [-0.15, -0.1) is 0 Å². The van der Waals surface area contributed by atoms with E-state index >= 15 is 0 Å². The van der Waals surface area contributed by atoms with Crippen molar-refractivity contribution >= 4 is 23.6 Å². The zero-order chi connectivity index (χ0) is 26.0. The van der Waals surface area contributed by atoms with Crippen molar-refractivity contribution in [2.24, 2.45) is 0 Å². The third-order valence-electron chi connectivity index (χ3n) is 6.05. The van der Waals surface area contributed by atoms with Crippen LogP contribution in [0.25, 0.3) is 6.08 Å². The first kappa shape index (κ1) is 26.2. The minimum atomic E-state index is -0.380. The lowest BCUT2D eigenvalue weighted by Crippen LogP contribution is -2.11. The van der Waals surface area contributed by atoms with Gasteiger partial charge in [0.25, 0.3) is 0 Å². The first-order chi connectivity index (χ1) is 18.1. The number of esters is 1. The lowest BCUT2D eigenvalue weighted by molar-refractivity contribution is -0.136. The largest absolute Gasteiger partial charge is 0.466 e. The maximum Gasteiger partial charge on any atom is 0.334 e. The third-order valence-corrected chi connectivity index (χ3v) is 6.42. The van der Waals surface area contributed by atoms with Crippen LogP contribution < -0.4 is 4.74 Å². The van der Waals surface area contributed by atoms with Gasteiger partial charge >= 0.3 is 5.97 Å². The number of hydrogen-bond acceptors (Lipinski definition) is 4. The standard InChI is InChI=1S/C31H31ClN2O3/c1-3-4-17-30-33-21-26(34(30)22-24-12-8-9-16-29(24)32)20-25(31(35)36-2)18-23-11-10-15-28(19-23)37-27-13-6-5-7-14-27/h5-16,19-21H,3-4,17-18,22H2,1-2H3/b25-20+. The second-order valence-electron chi connectivity index (χ2n) is 8.78. The van der Waals surface area contributed by atoms with Crippen LogP contribution in [0.5, 0.6) is 11.5 Å². The average Bonchev–Trinajstić information content (AvgIpc) is 3.29. The lowest BCUT2D eigenvalue weighted by Gasteiger charge is -2.13. The summed E-state index contributed by atoms with van der Waals surface area (Å²) in [6.45, 7) is 2.73. The van der Waals surface area contributed by atoms with Crippen LogP contribution in [-0.4, -0.2) is 22.6 Å². The summed E-state index contributed by atoms with van der Waals surface area (Å²) < 4.78 is 13.3. The van der Waals surface area contributed by atoms with E-state index in [1.165, 1.54) is 7.11 Å². The molecule has 37 heavy (non-hydrogen) atoms. The molecule has 4 rings (SSSR count). The normalized spacial score (nSPS) is 11.4. The van der Waals surface area contributed by atoms with Gasteiger partial charge in [0, 0.05) is 23.4 Å². The highest BCUT2D eigenvalue weighted by molar-refractivity contribution is 6.31. The van der Waals surface area contributed by atoms with Crippen molar-refractivity contribution in [1.29, 1.82) is 0 Å². The zero-order valence-electron chi connectivity index (χ0n) is 21.2. The maximum absolute atomic E-state index is 12.8. The van der Waals surface area contributed by atoms with Gasteiger partial charge in [-0.3, -0.25) is 0 Å². The van der Waals surface area contributed by atoms with Crippen molar-refractivity contribution in [2.75, 3.05) is 7.11 Å². The van der Waals surface area contributed by atoms with E-state index in [0.717, 1.165) is 47.7 Å². The molecule has 0 bridgehead atoms. The number of nitrogens with zero attached hydrogens (tertiary/aromatic N) is 2. The minimum Gasteiger partial charge on any atom is -0.466 e. The number of benzene rings is 3. The van der Waals surface area contributed by atoms with E-state index in [-0.39, 0.29) is 5.97 Å². The van der Waals surface area contributed by atoms with Crippen molar-refractivity contribution in [3.05, 3.63) is 118 Å². The van der Waals surface area contributed by atoms with Gasteiger partial charge in [-0.25, -0.2) is 9.78 Å². The molecule has 0 fully saturated rings. The molecule has 0 unspecified atom stereocenters. The molecule has 0 aliphatic carbocycles. The topological polar surface area (TPSA) is 53.4 Å². The summed E-state index contributed by atoms with van der Waals surface area (Å²) in [6, 6.07) is 25.1. The van der Waals surface area contributed by atoms with Gasteiger partial charge in [0.2, 0.25) is 0 Å². The summed E-state index contributed by atoms with van der Waals surface area (Å²) in [5.41, 5.74) is 3.30. The van der Waals surface area contributed by atoms with E-state index in [0.29, 0.717) is 29.3 Å². The van der Waals surface area contributed by atoms with Crippen LogP contribution in [-0.2, 0) is 28.9 Å². The van der Waals surface area contributed by atoms with Gasteiger partial charge in [-0.1, -0.05) is 73.5 Å². The van der Waals surface area contributed by atoms with Crippen LogP contribution >= 0.6 is 11.6 Å². The van der Waals surface area contributed by atoms with Crippen molar-refractivity contribution in [3.63, 3.8) is 0 Å². The number of carbonyl (C=O) groups is 1. The zero-order valence-corrected chi connectivity index (χ0v) is 21.9. The number of para-hydroxylation sites is 1.